The molecule has 4 N–H and O–H groups in total. The van der Waals surface area contributed by atoms with Gasteiger partial charge >= 0.3 is 6.18 Å². The first-order chi connectivity index (χ1) is 13.2. The smallest absolute Gasteiger partial charge is 0.384 e. The second kappa shape index (κ2) is 8.57. The van der Waals surface area contributed by atoms with Crippen molar-refractivity contribution in [2.75, 3.05) is 17.6 Å². The summed E-state index contributed by atoms with van der Waals surface area (Å²) in [6.07, 6.45) is -3.30. The fourth-order valence-corrected chi connectivity index (χ4v) is 3.21. The topological polar surface area (TPSA) is 126 Å². The third-order valence-corrected chi connectivity index (χ3v) is 4.48. The van der Waals surface area contributed by atoms with Gasteiger partial charge in [0, 0.05) is 12.7 Å². The van der Waals surface area contributed by atoms with Crippen LogP contribution >= 0.6 is 11.3 Å². The van der Waals surface area contributed by atoms with E-state index in [4.69, 9.17) is 5.73 Å². The van der Waals surface area contributed by atoms with Crippen LogP contribution in [0.5, 0.6) is 0 Å². The highest BCUT2D eigenvalue weighted by Crippen LogP contribution is 2.12. The van der Waals surface area contributed by atoms with E-state index in [1.54, 1.807) is 36.5 Å². The molecule has 0 radical (unpaired) electrons. The molecule has 0 aromatic carbocycles. The second-order valence-corrected chi connectivity index (χ2v) is 6.37. The summed E-state index contributed by atoms with van der Waals surface area (Å²) in [5.74, 6) is -0.581. The van der Waals surface area contributed by atoms with Crippen LogP contribution in [0.1, 0.15) is 6.92 Å². The van der Waals surface area contributed by atoms with Gasteiger partial charge in [-0.25, -0.2) is 4.98 Å². The highest BCUT2D eigenvalue weighted by molar-refractivity contribution is 7.07. The molecule has 0 spiro atoms. The number of nitriles is 1. The summed E-state index contributed by atoms with van der Waals surface area (Å²) in [6.45, 7) is 0.143. The van der Waals surface area contributed by atoms with Crippen molar-refractivity contribution in [2.45, 2.75) is 19.6 Å². The van der Waals surface area contributed by atoms with E-state index in [0.717, 1.165) is 15.9 Å². The lowest BCUT2D eigenvalue weighted by atomic mass is 10.3. The lowest BCUT2D eigenvalue weighted by Crippen LogP contribution is -2.37. The molecule has 2 rings (SSSR count). The molecule has 0 saturated carbocycles. The monoisotopic (exact) mass is 412 g/mol. The minimum absolute atomic E-state index is 0.0386. The molecule has 0 atom stereocenters. The number of thiazole rings is 1. The van der Waals surface area contributed by atoms with E-state index in [-0.39, 0.29) is 21.6 Å². The molecule has 1 amide bonds. The fraction of sp³-hybridized carbons (Fsp3) is 0.250. The Morgan fingerprint density at radius 3 is 2.75 bits per heavy atom. The van der Waals surface area contributed by atoms with Crippen LogP contribution in [0.3, 0.4) is 0 Å². The summed E-state index contributed by atoms with van der Waals surface area (Å²) < 4.78 is 38.1. The normalized spacial score (nSPS) is 13.0. The number of halogens is 3. The average Bonchev–Trinajstić information content (AvgIpc) is 2.94. The lowest BCUT2D eigenvalue weighted by Gasteiger charge is -2.07. The molecule has 2 aromatic heterocycles. The summed E-state index contributed by atoms with van der Waals surface area (Å²) >= 11 is 0.800. The summed E-state index contributed by atoms with van der Waals surface area (Å²) in [5.41, 5.74) is 4.49. The maximum absolute atomic E-state index is 12.5. The molecule has 12 heteroatoms. The number of carbonyl (C=O) groups is 1. The van der Waals surface area contributed by atoms with Gasteiger partial charge < -0.3 is 16.4 Å². The predicted molar refractivity (Wildman–Crippen MR) is 98.3 cm³/mol. The maximum atomic E-state index is 12.5. The van der Waals surface area contributed by atoms with Crippen LogP contribution < -0.4 is 31.1 Å². The molecule has 0 fully saturated rings. The van der Waals surface area contributed by atoms with Gasteiger partial charge in [0.25, 0.3) is 11.5 Å². The lowest BCUT2D eigenvalue weighted by molar-refractivity contribution is -0.135. The second-order valence-electron chi connectivity index (χ2n) is 5.34. The average molecular weight is 412 g/mol. The molecule has 0 saturated heterocycles. The number of amides is 1. The van der Waals surface area contributed by atoms with Crippen LogP contribution in [0.15, 0.2) is 23.0 Å². The number of rotatable bonds is 5. The van der Waals surface area contributed by atoms with E-state index < -0.39 is 29.8 Å². The Hall–Kier alpha value is -3.33. The molecule has 0 aliphatic carbocycles. The quantitative estimate of drug-likeness (QED) is 0.640. The van der Waals surface area contributed by atoms with Gasteiger partial charge in [-0.3, -0.25) is 14.2 Å². The summed E-state index contributed by atoms with van der Waals surface area (Å²) in [4.78, 5) is 28.5. The highest BCUT2D eigenvalue weighted by atomic mass is 32.1. The van der Waals surface area contributed by atoms with E-state index >= 15 is 0 Å². The van der Waals surface area contributed by atoms with Crippen molar-refractivity contribution in [1.82, 2.24) is 14.9 Å². The molecule has 148 valence electrons. The van der Waals surface area contributed by atoms with Gasteiger partial charge in [-0.15, -0.1) is 11.3 Å². The molecule has 28 heavy (non-hydrogen) atoms. The van der Waals surface area contributed by atoms with Gasteiger partial charge in [-0.05, 0) is 19.1 Å². The van der Waals surface area contributed by atoms with Crippen LogP contribution in [-0.2, 0) is 11.3 Å². The molecule has 2 heterocycles. The Kier molecular flexibility index (Phi) is 6.42. The zero-order valence-electron chi connectivity index (χ0n) is 14.5. The van der Waals surface area contributed by atoms with Crippen LogP contribution in [0.25, 0.3) is 11.8 Å². The van der Waals surface area contributed by atoms with Crippen LogP contribution in [-0.4, -0.2) is 28.2 Å². The number of nitrogens with zero attached hydrogens (tertiary/aromatic N) is 3. The Morgan fingerprint density at radius 2 is 2.18 bits per heavy atom. The number of anilines is 2. The van der Waals surface area contributed by atoms with Gasteiger partial charge in [-0.1, -0.05) is 6.07 Å². The molecular weight excluding hydrogens is 397 g/mol. The standard InChI is InChI=1S/C16H15F3N6O2S/c1-2-25-14(27)10(7-22-12-5-3-4-11(21)24-12)28-15(25)9(6-20)13(26)23-8-16(17,18)19/h3-5,7H,2,8H2,1H3,(H,23,26)(H3,21,22,24). The van der Waals surface area contributed by atoms with E-state index in [1.807, 2.05) is 0 Å². The number of nitrogens with one attached hydrogen (secondary N) is 2. The summed E-state index contributed by atoms with van der Waals surface area (Å²) in [5, 5.41) is 13.7. The number of alkyl halides is 3. The zero-order valence-corrected chi connectivity index (χ0v) is 15.3. The van der Waals surface area contributed by atoms with Crippen molar-refractivity contribution in [3.63, 3.8) is 0 Å². The highest BCUT2D eigenvalue weighted by Gasteiger charge is 2.28. The number of aromatic nitrogens is 2. The van der Waals surface area contributed by atoms with E-state index in [0.29, 0.717) is 5.82 Å². The van der Waals surface area contributed by atoms with E-state index in [9.17, 15) is 28.0 Å². The van der Waals surface area contributed by atoms with E-state index in [2.05, 4.69) is 10.3 Å². The van der Waals surface area contributed by atoms with Crippen molar-refractivity contribution < 1.29 is 18.0 Å². The minimum Gasteiger partial charge on any atom is -0.384 e. The Labute approximate surface area is 160 Å². The van der Waals surface area contributed by atoms with Crippen LogP contribution in [0.4, 0.5) is 24.8 Å². The number of nitrogen functional groups attached to an aromatic ring is 1. The molecule has 0 aliphatic heterocycles. The van der Waals surface area contributed by atoms with Gasteiger partial charge in [0.1, 0.15) is 33.4 Å². The van der Waals surface area contributed by atoms with Gasteiger partial charge in [-0.2, -0.15) is 18.4 Å². The minimum atomic E-state index is -4.62. The molecule has 2 aromatic rings. The number of nitrogens with two attached hydrogens (primary N) is 1. The van der Waals surface area contributed by atoms with Crippen molar-refractivity contribution in [1.29, 1.82) is 5.26 Å². The molecular formula is C16H15F3N6O2S. The Balaban J connectivity index is 2.49. The Bertz CT molecular complexity index is 1100. The fourth-order valence-electron chi connectivity index (χ4n) is 2.13. The first-order valence-electron chi connectivity index (χ1n) is 7.84. The van der Waals surface area contributed by atoms with Gasteiger partial charge in [0.2, 0.25) is 0 Å². The zero-order chi connectivity index (χ0) is 20.9. The first kappa shape index (κ1) is 21.0. The Morgan fingerprint density at radius 1 is 1.46 bits per heavy atom. The predicted octanol–water partition coefficient (Wildman–Crippen LogP) is 0.110. The summed E-state index contributed by atoms with van der Waals surface area (Å²) in [7, 11) is 0. The number of hydrogen-bond donors (Lipinski definition) is 3. The maximum Gasteiger partial charge on any atom is 0.405 e. The first-order valence-corrected chi connectivity index (χ1v) is 8.66. The number of carbonyl (C=O) groups excluding carboxylic acids is 1. The van der Waals surface area contributed by atoms with Gasteiger partial charge in [0.15, 0.2) is 5.57 Å². The third kappa shape index (κ3) is 5.10. The van der Waals surface area contributed by atoms with Crippen molar-refractivity contribution >= 4 is 40.7 Å². The SMILES string of the molecule is CCn1c(=C(C#N)C(=O)NCC(F)(F)F)sc(=CNc2cccc(N)n2)c1=O. The van der Waals surface area contributed by atoms with E-state index in [1.165, 1.54) is 6.20 Å². The summed E-state index contributed by atoms with van der Waals surface area (Å²) in [6, 6.07) is 6.41. The molecule has 0 bridgehead atoms. The van der Waals surface area contributed by atoms with Crippen molar-refractivity contribution in [3.8, 4) is 6.07 Å². The molecule has 0 aliphatic rings. The van der Waals surface area contributed by atoms with Crippen LogP contribution in [0, 0.1) is 11.3 Å². The molecule has 0 unspecified atom stereocenters. The largest absolute Gasteiger partial charge is 0.405 e. The molecule has 8 nitrogen and oxygen atoms in total. The third-order valence-electron chi connectivity index (χ3n) is 3.35. The van der Waals surface area contributed by atoms with Gasteiger partial charge in [0.05, 0.1) is 0 Å². The van der Waals surface area contributed by atoms with Crippen molar-refractivity contribution in [2.24, 2.45) is 0 Å². The number of hydrogen-bond acceptors (Lipinski definition) is 7. The van der Waals surface area contributed by atoms with Crippen molar-refractivity contribution in [3.05, 3.63) is 37.7 Å². The number of pyridine rings is 1. The van der Waals surface area contributed by atoms with Crippen LogP contribution in [0.2, 0.25) is 0 Å².